The van der Waals surface area contributed by atoms with Gasteiger partial charge in [0.25, 0.3) is 0 Å². The summed E-state index contributed by atoms with van der Waals surface area (Å²) in [5.41, 5.74) is 5.26. The van der Waals surface area contributed by atoms with E-state index in [4.69, 9.17) is 15.2 Å². The van der Waals surface area contributed by atoms with E-state index in [1.54, 1.807) is 0 Å². The van der Waals surface area contributed by atoms with Crippen molar-refractivity contribution in [1.82, 2.24) is 10.2 Å². The second kappa shape index (κ2) is 9.15. The summed E-state index contributed by atoms with van der Waals surface area (Å²) < 4.78 is 10.7. The molecule has 0 rings (SSSR count). The molecule has 1 atom stereocenters. The minimum absolute atomic E-state index is 0.0679. The molecule has 0 fully saturated rings. The largest absolute Gasteiger partial charge is 0.444 e. The van der Waals surface area contributed by atoms with Gasteiger partial charge in [-0.2, -0.15) is 0 Å². The van der Waals surface area contributed by atoms with Crippen LogP contribution in [0.3, 0.4) is 0 Å². The third-order valence-electron chi connectivity index (χ3n) is 2.67. The van der Waals surface area contributed by atoms with Crippen LogP contribution >= 0.6 is 0 Å². The van der Waals surface area contributed by atoms with Gasteiger partial charge in [-0.1, -0.05) is 0 Å². The van der Waals surface area contributed by atoms with Gasteiger partial charge in [0.15, 0.2) is 0 Å². The van der Waals surface area contributed by atoms with E-state index < -0.39 is 11.7 Å². The Morgan fingerprint density at radius 1 is 1.35 bits per heavy atom. The number of amides is 1. The second-order valence-corrected chi connectivity index (χ2v) is 6.17. The molecule has 6 nitrogen and oxygen atoms in total. The summed E-state index contributed by atoms with van der Waals surface area (Å²) in [5, 5.41) is 2.75. The van der Waals surface area contributed by atoms with Crippen LogP contribution in [0.4, 0.5) is 4.79 Å². The quantitative estimate of drug-likeness (QED) is 0.702. The molecule has 0 heterocycles. The van der Waals surface area contributed by atoms with Crippen molar-refractivity contribution < 1.29 is 14.3 Å². The van der Waals surface area contributed by atoms with Crippen molar-refractivity contribution in [2.75, 3.05) is 33.3 Å². The molecule has 0 bridgehead atoms. The fourth-order valence-electron chi connectivity index (χ4n) is 1.55. The molecule has 20 heavy (non-hydrogen) atoms. The first-order chi connectivity index (χ1) is 9.15. The summed E-state index contributed by atoms with van der Waals surface area (Å²) in [6, 6.07) is 0.0679. The molecule has 0 aliphatic carbocycles. The minimum Gasteiger partial charge on any atom is -0.444 e. The van der Waals surface area contributed by atoms with Crippen LogP contribution in [0.15, 0.2) is 0 Å². The number of nitrogens with one attached hydrogen (secondary N) is 1. The number of rotatable bonds is 8. The fourth-order valence-corrected chi connectivity index (χ4v) is 1.55. The van der Waals surface area contributed by atoms with Crippen LogP contribution in [-0.2, 0) is 9.47 Å². The van der Waals surface area contributed by atoms with E-state index in [-0.39, 0.29) is 12.1 Å². The average molecular weight is 289 g/mol. The van der Waals surface area contributed by atoms with Gasteiger partial charge in [-0.25, -0.2) is 4.79 Å². The summed E-state index contributed by atoms with van der Waals surface area (Å²) in [5.74, 6) is 0. The Labute approximate surface area is 123 Å². The summed E-state index contributed by atoms with van der Waals surface area (Å²) in [4.78, 5) is 13.7. The first kappa shape index (κ1) is 19.1. The molecule has 6 heteroatoms. The fraction of sp³-hybridized carbons (Fsp3) is 0.929. The van der Waals surface area contributed by atoms with Crippen molar-refractivity contribution in [1.29, 1.82) is 0 Å². The number of nitrogens with two attached hydrogens (primary N) is 1. The van der Waals surface area contributed by atoms with E-state index in [1.165, 1.54) is 0 Å². The van der Waals surface area contributed by atoms with Gasteiger partial charge in [-0.15, -0.1) is 0 Å². The summed E-state index contributed by atoms with van der Waals surface area (Å²) in [6.45, 7) is 11.9. The Hall–Kier alpha value is -0.850. The summed E-state index contributed by atoms with van der Waals surface area (Å²) >= 11 is 0. The van der Waals surface area contributed by atoms with E-state index in [9.17, 15) is 4.79 Å². The molecule has 120 valence electrons. The topological polar surface area (TPSA) is 76.8 Å². The van der Waals surface area contributed by atoms with Gasteiger partial charge < -0.3 is 20.5 Å². The van der Waals surface area contributed by atoms with Crippen LogP contribution < -0.4 is 11.1 Å². The average Bonchev–Trinajstić information content (AvgIpc) is 2.26. The van der Waals surface area contributed by atoms with Crippen molar-refractivity contribution in [3.05, 3.63) is 0 Å². The lowest BCUT2D eigenvalue weighted by molar-refractivity contribution is 0.0472. The van der Waals surface area contributed by atoms with Gasteiger partial charge in [0, 0.05) is 25.7 Å². The van der Waals surface area contributed by atoms with Crippen LogP contribution in [0.2, 0.25) is 0 Å². The second-order valence-electron chi connectivity index (χ2n) is 6.17. The third kappa shape index (κ3) is 10.00. The molecule has 0 aromatic carbocycles. The molecule has 0 aliphatic rings. The predicted molar refractivity (Wildman–Crippen MR) is 80.8 cm³/mol. The van der Waals surface area contributed by atoms with E-state index in [0.29, 0.717) is 19.7 Å². The zero-order valence-electron chi connectivity index (χ0n) is 13.7. The van der Waals surface area contributed by atoms with Gasteiger partial charge in [0.05, 0.1) is 12.7 Å². The van der Waals surface area contributed by atoms with Crippen LogP contribution in [0.5, 0.6) is 0 Å². The standard InChI is InChI=1S/C14H31N3O3/c1-11(2)19-8-7-17(6)12(9-15)10-16-13(18)20-14(3,4)5/h11-12H,7-10,15H2,1-6H3,(H,16,18). The number of likely N-dealkylation sites (N-methyl/N-ethyl adjacent to an activating group) is 1. The number of carbonyl (C=O) groups is 1. The highest BCUT2D eigenvalue weighted by atomic mass is 16.6. The maximum Gasteiger partial charge on any atom is 0.407 e. The van der Waals surface area contributed by atoms with Crippen molar-refractivity contribution in [2.45, 2.75) is 52.4 Å². The highest BCUT2D eigenvalue weighted by Crippen LogP contribution is 2.06. The smallest absolute Gasteiger partial charge is 0.407 e. The van der Waals surface area contributed by atoms with Crippen molar-refractivity contribution >= 4 is 6.09 Å². The van der Waals surface area contributed by atoms with Crippen LogP contribution in [-0.4, -0.2) is 62.0 Å². The normalized spacial score (nSPS) is 13.7. The minimum atomic E-state index is -0.487. The lowest BCUT2D eigenvalue weighted by atomic mass is 10.2. The molecule has 0 aliphatic heterocycles. The highest BCUT2D eigenvalue weighted by Gasteiger charge is 2.18. The first-order valence-electron chi connectivity index (χ1n) is 7.14. The SMILES string of the molecule is CC(C)OCCN(C)C(CN)CNC(=O)OC(C)(C)C. The molecule has 0 spiro atoms. The molecular weight excluding hydrogens is 258 g/mol. The number of nitrogens with zero attached hydrogens (tertiary/aromatic N) is 1. The van der Waals surface area contributed by atoms with Crippen LogP contribution in [0.25, 0.3) is 0 Å². The lowest BCUT2D eigenvalue weighted by Crippen LogP contribution is -2.48. The van der Waals surface area contributed by atoms with Crippen molar-refractivity contribution in [2.24, 2.45) is 5.73 Å². The van der Waals surface area contributed by atoms with Gasteiger partial charge in [0.2, 0.25) is 0 Å². The monoisotopic (exact) mass is 289 g/mol. The molecular formula is C14H31N3O3. The Kier molecular flexibility index (Phi) is 8.76. The van der Waals surface area contributed by atoms with Crippen LogP contribution in [0, 0.1) is 0 Å². The van der Waals surface area contributed by atoms with Gasteiger partial charge in [0.1, 0.15) is 5.60 Å². The zero-order valence-corrected chi connectivity index (χ0v) is 13.7. The first-order valence-corrected chi connectivity index (χ1v) is 7.14. The number of hydrogen-bond donors (Lipinski definition) is 2. The molecule has 0 saturated heterocycles. The Morgan fingerprint density at radius 2 is 1.95 bits per heavy atom. The van der Waals surface area contributed by atoms with Crippen molar-refractivity contribution in [3.63, 3.8) is 0 Å². The molecule has 1 amide bonds. The van der Waals surface area contributed by atoms with Gasteiger partial charge in [-0.05, 0) is 41.7 Å². The predicted octanol–water partition coefficient (Wildman–Crippen LogP) is 1.20. The molecule has 1 unspecified atom stereocenters. The Balaban J connectivity index is 4.04. The van der Waals surface area contributed by atoms with Crippen LogP contribution in [0.1, 0.15) is 34.6 Å². The molecule has 3 N–H and O–H groups in total. The number of hydrogen-bond acceptors (Lipinski definition) is 5. The molecule has 0 aromatic heterocycles. The number of carbonyl (C=O) groups excluding carboxylic acids is 1. The lowest BCUT2D eigenvalue weighted by Gasteiger charge is -2.28. The van der Waals surface area contributed by atoms with Crippen molar-refractivity contribution in [3.8, 4) is 0 Å². The van der Waals surface area contributed by atoms with E-state index >= 15 is 0 Å². The number of alkyl carbamates (subject to hydrolysis) is 1. The van der Waals surface area contributed by atoms with Gasteiger partial charge >= 0.3 is 6.09 Å². The molecule has 0 saturated carbocycles. The Morgan fingerprint density at radius 3 is 2.40 bits per heavy atom. The molecule has 0 radical (unpaired) electrons. The van der Waals surface area contributed by atoms with E-state index in [1.807, 2.05) is 41.7 Å². The summed E-state index contributed by atoms with van der Waals surface area (Å²) in [7, 11) is 1.97. The number of ether oxygens (including phenoxy) is 2. The highest BCUT2D eigenvalue weighted by molar-refractivity contribution is 5.67. The van der Waals surface area contributed by atoms with E-state index in [2.05, 4.69) is 10.2 Å². The Bertz CT molecular complexity index is 277. The zero-order chi connectivity index (χ0) is 15.8. The molecule has 0 aromatic rings. The van der Waals surface area contributed by atoms with E-state index in [0.717, 1.165) is 6.54 Å². The van der Waals surface area contributed by atoms with Gasteiger partial charge in [-0.3, -0.25) is 4.90 Å². The summed E-state index contributed by atoms with van der Waals surface area (Å²) in [6.07, 6.45) is -0.192. The maximum absolute atomic E-state index is 11.6. The maximum atomic E-state index is 11.6. The third-order valence-corrected chi connectivity index (χ3v) is 2.67.